The highest BCUT2D eigenvalue weighted by atomic mass is 16.5. The largest absolute Gasteiger partial charge is 0.385 e. The predicted octanol–water partition coefficient (Wildman–Crippen LogP) is 1.83. The van der Waals surface area contributed by atoms with Gasteiger partial charge >= 0.3 is 0 Å². The highest BCUT2D eigenvalue weighted by molar-refractivity contribution is 6.38. The van der Waals surface area contributed by atoms with Crippen molar-refractivity contribution in [1.82, 2.24) is 5.32 Å². The Morgan fingerprint density at radius 1 is 1.32 bits per heavy atom. The van der Waals surface area contributed by atoms with Crippen LogP contribution in [0.2, 0.25) is 0 Å². The molecule has 0 bridgehead atoms. The van der Waals surface area contributed by atoms with Crippen LogP contribution in [0, 0.1) is 11.3 Å². The lowest BCUT2D eigenvalue weighted by Crippen LogP contribution is -2.37. The molecular formula is C16H29N3O3. The number of rotatable bonds is 10. The Morgan fingerprint density at radius 2 is 2.05 bits per heavy atom. The first kappa shape index (κ1) is 18.8. The SMILES string of the molecule is COCCCN=C1CCCC(C(=N)C(=O)NCCCOC)C1. The van der Waals surface area contributed by atoms with Crippen molar-refractivity contribution in [2.45, 2.75) is 38.5 Å². The minimum Gasteiger partial charge on any atom is -0.385 e. The van der Waals surface area contributed by atoms with Crippen molar-refractivity contribution in [3.8, 4) is 0 Å². The fraction of sp³-hybridized carbons (Fsp3) is 0.812. The molecule has 0 heterocycles. The molecule has 1 atom stereocenters. The summed E-state index contributed by atoms with van der Waals surface area (Å²) in [4.78, 5) is 16.6. The van der Waals surface area contributed by atoms with Crippen molar-refractivity contribution in [3.63, 3.8) is 0 Å². The van der Waals surface area contributed by atoms with E-state index >= 15 is 0 Å². The molecule has 1 unspecified atom stereocenters. The van der Waals surface area contributed by atoms with E-state index in [0.717, 1.165) is 57.4 Å². The first-order valence-corrected chi connectivity index (χ1v) is 8.05. The number of nitrogens with one attached hydrogen (secondary N) is 2. The van der Waals surface area contributed by atoms with Gasteiger partial charge in [-0.25, -0.2) is 0 Å². The second-order valence-corrected chi connectivity index (χ2v) is 5.60. The molecule has 0 spiro atoms. The van der Waals surface area contributed by atoms with Gasteiger partial charge in [-0.2, -0.15) is 0 Å². The van der Waals surface area contributed by atoms with Crippen LogP contribution in [0.25, 0.3) is 0 Å². The second-order valence-electron chi connectivity index (χ2n) is 5.60. The smallest absolute Gasteiger partial charge is 0.265 e. The maximum atomic E-state index is 12.0. The van der Waals surface area contributed by atoms with Crippen LogP contribution < -0.4 is 5.32 Å². The third kappa shape index (κ3) is 7.13. The summed E-state index contributed by atoms with van der Waals surface area (Å²) in [7, 11) is 3.33. The summed E-state index contributed by atoms with van der Waals surface area (Å²) in [6, 6.07) is 0. The Balaban J connectivity index is 2.36. The number of carbonyl (C=O) groups excluding carboxylic acids is 1. The molecule has 0 aromatic heterocycles. The van der Waals surface area contributed by atoms with E-state index in [1.807, 2.05) is 0 Å². The molecule has 6 heteroatoms. The molecule has 0 aromatic carbocycles. The van der Waals surface area contributed by atoms with E-state index in [1.54, 1.807) is 14.2 Å². The molecule has 1 rings (SSSR count). The van der Waals surface area contributed by atoms with Crippen molar-refractivity contribution >= 4 is 17.3 Å². The van der Waals surface area contributed by atoms with Gasteiger partial charge in [0.1, 0.15) is 0 Å². The third-order valence-corrected chi connectivity index (χ3v) is 3.81. The normalized spacial score (nSPS) is 20.1. The van der Waals surface area contributed by atoms with Crippen molar-refractivity contribution < 1.29 is 14.3 Å². The molecule has 1 fully saturated rings. The zero-order valence-electron chi connectivity index (χ0n) is 13.8. The number of ether oxygens (including phenoxy) is 2. The molecule has 1 amide bonds. The molecule has 0 aromatic rings. The summed E-state index contributed by atoms with van der Waals surface area (Å²) in [6.07, 6.45) is 5.34. The van der Waals surface area contributed by atoms with E-state index in [-0.39, 0.29) is 17.5 Å². The maximum absolute atomic E-state index is 12.0. The topological polar surface area (TPSA) is 83.8 Å². The molecule has 0 radical (unpaired) electrons. The lowest BCUT2D eigenvalue weighted by Gasteiger charge is -2.23. The van der Waals surface area contributed by atoms with Crippen molar-refractivity contribution in [3.05, 3.63) is 0 Å². The van der Waals surface area contributed by atoms with Crippen molar-refractivity contribution in [1.29, 1.82) is 5.41 Å². The minimum absolute atomic E-state index is 0.0114. The molecule has 22 heavy (non-hydrogen) atoms. The summed E-state index contributed by atoms with van der Waals surface area (Å²) >= 11 is 0. The van der Waals surface area contributed by atoms with Gasteiger partial charge in [0, 0.05) is 52.2 Å². The van der Waals surface area contributed by atoms with E-state index in [4.69, 9.17) is 14.9 Å². The number of aliphatic imine (C=N–C) groups is 1. The van der Waals surface area contributed by atoms with Gasteiger partial charge in [0.25, 0.3) is 5.91 Å². The summed E-state index contributed by atoms with van der Waals surface area (Å²) in [5, 5.41) is 10.9. The molecule has 6 nitrogen and oxygen atoms in total. The first-order chi connectivity index (χ1) is 10.7. The van der Waals surface area contributed by atoms with E-state index < -0.39 is 0 Å². The highest BCUT2D eigenvalue weighted by Crippen LogP contribution is 2.23. The van der Waals surface area contributed by atoms with Gasteiger partial charge in [-0.15, -0.1) is 0 Å². The van der Waals surface area contributed by atoms with Crippen LogP contribution in [0.5, 0.6) is 0 Å². The Bertz CT molecular complexity index is 383. The second kappa shape index (κ2) is 11.3. The van der Waals surface area contributed by atoms with Crippen LogP contribution in [0.1, 0.15) is 38.5 Å². The molecule has 0 saturated heterocycles. The lowest BCUT2D eigenvalue weighted by atomic mass is 9.84. The summed E-state index contributed by atoms with van der Waals surface area (Å²) in [6.45, 7) is 2.67. The number of hydrogen-bond acceptors (Lipinski definition) is 5. The number of hydrogen-bond donors (Lipinski definition) is 2. The van der Waals surface area contributed by atoms with Crippen LogP contribution in [0.4, 0.5) is 0 Å². The van der Waals surface area contributed by atoms with Crippen LogP contribution in [0.15, 0.2) is 4.99 Å². The molecular weight excluding hydrogens is 282 g/mol. The van der Waals surface area contributed by atoms with E-state index in [2.05, 4.69) is 10.3 Å². The van der Waals surface area contributed by atoms with Gasteiger partial charge in [-0.1, -0.05) is 0 Å². The molecule has 1 aliphatic carbocycles. The lowest BCUT2D eigenvalue weighted by molar-refractivity contribution is -0.115. The standard InChI is InChI=1S/C16H29N3O3/c1-21-10-4-8-18-14-7-3-6-13(12-14)15(17)16(20)19-9-5-11-22-2/h13,17H,3-12H2,1-2H3,(H,19,20). The minimum atomic E-state index is -0.248. The fourth-order valence-electron chi connectivity index (χ4n) is 2.58. The van der Waals surface area contributed by atoms with Gasteiger partial charge in [-0.3, -0.25) is 15.2 Å². The quantitative estimate of drug-likeness (QED) is 0.477. The van der Waals surface area contributed by atoms with Crippen LogP contribution in [-0.2, 0) is 14.3 Å². The van der Waals surface area contributed by atoms with E-state index in [1.165, 1.54) is 0 Å². The summed E-state index contributed by atoms with van der Waals surface area (Å²) < 4.78 is 9.95. The van der Waals surface area contributed by atoms with Gasteiger partial charge in [0.15, 0.2) is 0 Å². The van der Waals surface area contributed by atoms with Crippen LogP contribution >= 0.6 is 0 Å². The zero-order valence-corrected chi connectivity index (χ0v) is 13.8. The first-order valence-electron chi connectivity index (χ1n) is 8.05. The summed E-state index contributed by atoms with van der Waals surface area (Å²) in [5.41, 5.74) is 1.34. The Labute approximate surface area is 133 Å². The molecule has 1 saturated carbocycles. The molecule has 2 N–H and O–H groups in total. The van der Waals surface area contributed by atoms with Crippen LogP contribution in [0.3, 0.4) is 0 Å². The fourth-order valence-corrected chi connectivity index (χ4v) is 2.58. The van der Waals surface area contributed by atoms with Gasteiger partial charge in [0.2, 0.25) is 0 Å². The number of methoxy groups -OCH3 is 2. The summed E-state index contributed by atoms with van der Waals surface area (Å²) in [5.74, 6) is -0.237. The van der Waals surface area contributed by atoms with Gasteiger partial charge in [-0.05, 0) is 38.5 Å². The highest BCUT2D eigenvalue weighted by Gasteiger charge is 2.25. The maximum Gasteiger partial charge on any atom is 0.265 e. The average molecular weight is 311 g/mol. The predicted molar refractivity (Wildman–Crippen MR) is 88.0 cm³/mol. The molecule has 1 aliphatic rings. The number of amides is 1. The zero-order chi connectivity index (χ0) is 16.2. The Hall–Kier alpha value is -1.27. The van der Waals surface area contributed by atoms with E-state index in [0.29, 0.717) is 13.2 Å². The van der Waals surface area contributed by atoms with Crippen molar-refractivity contribution in [2.24, 2.45) is 10.9 Å². The van der Waals surface area contributed by atoms with Crippen LogP contribution in [-0.4, -0.2) is 57.9 Å². The average Bonchev–Trinajstić information content (AvgIpc) is 2.55. The van der Waals surface area contributed by atoms with E-state index in [9.17, 15) is 4.79 Å². The van der Waals surface area contributed by atoms with Gasteiger partial charge < -0.3 is 14.8 Å². The Morgan fingerprint density at radius 3 is 2.77 bits per heavy atom. The molecule has 126 valence electrons. The van der Waals surface area contributed by atoms with Crippen molar-refractivity contribution in [2.75, 3.05) is 40.5 Å². The van der Waals surface area contributed by atoms with Gasteiger partial charge in [0.05, 0.1) is 5.71 Å². The number of carbonyl (C=O) groups is 1. The Kier molecular flexibility index (Phi) is 9.66. The third-order valence-electron chi connectivity index (χ3n) is 3.81. The number of nitrogens with zero attached hydrogens (tertiary/aromatic N) is 1. The monoisotopic (exact) mass is 311 g/mol. The molecule has 0 aliphatic heterocycles.